The molecule has 1 fully saturated rings. The highest BCUT2D eigenvalue weighted by molar-refractivity contribution is 6.32. The Labute approximate surface area is 153 Å². The van der Waals surface area contributed by atoms with E-state index < -0.39 is 0 Å². The first-order chi connectivity index (χ1) is 12.1. The molecule has 2 aromatic rings. The minimum Gasteiger partial charge on any atom is -0.335 e. The van der Waals surface area contributed by atoms with Gasteiger partial charge in [0.25, 0.3) is 0 Å². The number of amides is 2. The molecular formula is C19H23ClN4O. The van der Waals surface area contributed by atoms with Crippen LogP contribution in [0.1, 0.15) is 12.0 Å². The molecule has 25 heavy (non-hydrogen) atoms. The van der Waals surface area contributed by atoms with Crippen molar-refractivity contribution in [1.29, 1.82) is 0 Å². The lowest BCUT2D eigenvalue weighted by Crippen LogP contribution is -2.51. The first kappa shape index (κ1) is 17.7. The van der Waals surface area contributed by atoms with Crippen LogP contribution >= 0.6 is 11.6 Å². The number of piperidine rings is 1. The van der Waals surface area contributed by atoms with Crippen molar-refractivity contribution in [2.24, 2.45) is 5.92 Å². The molecule has 0 aliphatic carbocycles. The third-order valence-corrected chi connectivity index (χ3v) is 4.90. The van der Waals surface area contributed by atoms with Gasteiger partial charge >= 0.3 is 6.03 Å². The second kappa shape index (κ2) is 8.32. The van der Waals surface area contributed by atoms with E-state index in [1.807, 2.05) is 6.07 Å². The van der Waals surface area contributed by atoms with E-state index >= 15 is 0 Å². The van der Waals surface area contributed by atoms with Crippen molar-refractivity contribution >= 4 is 23.3 Å². The number of carbonyl (C=O) groups excluding carboxylic acids is 1. The summed E-state index contributed by atoms with van der Waals surface area (Å²) in [5, 5.41) is 6.21. The maximum absolute atomic E-state index is 12.4. The van der Waals surface area contributed by atoms with Gasteiger partial charge in [-0.1, -0.05) is 41.9 Å². The molecule has 2 heterocycles. The Kier molecular flexibility index (Phi) is 5.89. The number of carbonyl (C=O) groups is 1. The van der Waals surface area contributed by atoms with E-state index in [4.69, 9.17) is 11.6 Å². The summed E-state index contributed by atoms with van der Waals surface area (Å²) in [4.78, 5) is 18.7. The van der Waals surface area contributed by atoms with Crippen molar-refractivity contribution in [1.82, 2.24) is 15.2 Å². The lowest BCUT2D eigenvalue weighted by atomic mass is 9.87. The van der Waals surface area contributed by atoms with Gasteiger partial charge in [-0.05, 0) is 50.0 Å². The van der Waals surface area contributed by atoms with E-state index in [2.05, 4.69) is 51.8 Å². The minimum atomic E-state index is -0.234. The SMILES string of the molecule is CN1CC[C@H](NC(=O)Nc2cccnc2Cl)[C@H](Cc2ccccc2)C1. The van der Waals surface area contributed by atoms with E-state index in [1.165, 1.54) is 5.56 Å². The van der Waals surface area contributed by atoms with Crippen LogP contribution < -0.4 is 10.6 Å². The summed E-state index contributed by atoms with van der Waals surface area (Å²) in [6, 6.07) is 13.8. The maximum atomic E-state index is 12.4. The fraction of sp³-hybridized carbons (Fsp3) is 0.368. The number of benzene rings is 1. The van der Waals surface area contributed by atoms with Gasteiger partial charge < -0.3 is 15.5 Å². The van der Waals surface area contributed by atoms with Crippen molar-refractivity contribution in [3.63, 3.8) is 0 Å². The molecule has 132 valence electrons. The van der Waals surface area contributed by atoms with Gasteiger partial charge in [-0.25, -0.2) is 9.78 Å². The molecule has 0 spiro atoms. The number of anilines is 1. The summed E-state index contributed by atoms with van der Waals surface area (Å²) in [6.45, 7) is 1.94. The van der Waals surface area contributed by atoms with Crippen molar-refractivity contribution in [3.8, 4) is 0 Å². The number of nitrogens with zero attached hydrogens (tertiary/aromatic N) is 2. The zero-order chi connectivity index (χ0) is 17.6. The molecule has 5 nitrogen and oxygen atoms in total. The monoisotopic (exact) mass is 358 g/mol. The zero-order valence-electron chi connectivity index (χ0n) is 14.3. The molecule has 2 N–H and O–H groups in total. The number of likely N-dealkylation sites (tertiary alicyclic amines) is 1. The highest BCUT2D eigenvalue weighted by Gasteiger charge is 2.29. The number of nitrogens with one attached hydrogen (secondary N) is 2. The van der Waals surface area contributed by atoms with Crippen molar-refractivity contribution < 1.29 is 4.79 Å². The number of pyridine rings is 1. The molecule has 1 aliphatic rings. The Hall–Kier alpha value is -2.11. The highest BCUT2D eigenvalue weighted by atomic mass is 35.5. The Balaban J connectivity index is 1.64. The second-order valence-electron chi connectivity index (χ2n) is 6.55. The highest BCUT2D eigenvalue weighted by Crippen LogP contribution is 2.22. The molecule has 0 saturated carbocycles. The number of rotatable bonds is 4. The number of halogens is 1. The standard InChI is InChI=1S/C19H23ClN4O/c1-24-11-9-16(15(13-24)12-14-6-3-2-4-7-14)22-19(25)23-17-8-5-10-21-18(17)20/h2-8,10,15-16H,9,11-13H2,1H3,(H2,22,23,25)/t15-,16+/m1/s1. The molecule has 3 rings (SSSR count). The lowest BCUT2D eigenvalue weighted by Gasteiger charge is -2.37. The number of hydrogen-bond acceptors (Lipinski definition) is 3. The molecule has 1 aromatic carbocycles. The smallest absolute Gasteiger partial charge is 0.319 e. The van der Waals surface area contributed by atoms with Crippen LogP contribution in [0.15, 0.2) is 48.7 Å². The average Bonchev–Trinajstić information content (AvgIpc) is 2.60. The molecular weight excluding hydrogens is 336 g/mol. The minimum absolute atomic E-state index is 0.131. The van der Waals surface area contributed by atoms with Crippen LogP contribution in [0, 0.1) is 5.92 Å². The van der Waals surface area contributed by atoms with Gasteiger partial charge in [-0.15, -0.1) is 0 Å². The van der Waals surface area contributed by atoms with Crippen LogP contribution in [0.4, 0.5) is 10.5 Å². The summed E-state index contributed by atoms with van der Waals surface area (Å²) >= 11 is 6.01. The van der Waals surface area contributed by atoms with Crippen molar-refractivity contribution in [3.05, 3.63) is 59.4 Å². The molecule has 0 radical (unpaired) electrons. The van der Waals surface area contributed by atoms with Gasteiger partial charge in [-0.3, -0.25) is 0 Å². The quantitative estimate of drug-likeness (QED) is 0.823. The fourth-order valence-electron chi connectivity index (χ4n) is 3.33. The fourth-order valence-corrected chi connectivity index (χ4v) is 3.50. The van der Waals surface area contributed by atoms with Crippen LogP contribution in [0.3, 0.4) is 0 Å². The summed E-state index contributed by atoms with van der Waals surface area (Å²) in [5.41, 5.74) is 1.82. The molecule has 0 unspecified atom stereocenters. The van der Waals surface area contributed by atoms with Crippen molar-refractivity contribution in [2.75, 3.05) is 25.5 Å². The van der Waals surface area contributed by atoms with E-state index in [9.17, 15) is 4.79 Å². The van der Waals surface area contributed by atoms with Gasteiger partial charge in [0.05, 0.1) is 5.69 Å². The van der Waals surface area contributed by atoms with Crippen LogP contribution in [0.2, 0.25) is 5.15 Å². The van der Waals surface area contributed by atoms with Gasteiger partial charge in [0.15, 0.2) is 5.15 Å². The Bertz CT molecular complexity index is 710. The lowest BCUT2D eigenvalue weighted by molar-refractivity contribution is 0.165. The zero-order valence-corrected chi connectivity index (χ0v) is 15.0. The first-order valence-electron chi connectivity index (χ1n) is 8.52. The van der Waals surface area contributed by atoms with Crippen molar-refractivity contribution in [2.45, 2.75) is 18.9 Å². The first-order valence-corrected chi connectivity index (χ1v) is 8.90. The topological polar surface area (TPSA) is 57.3 Å². The summed E-state index contributed by atoms with van der Waals surface area (Å²) in [7, 11) is 2.13. The van der Waals surface area contributed by atoms with Crippen LogP contribution in [-0.2, 0) is 6.42 Å². The third kappa shape index (κ3) is 4.94. The van der Waals surface area contributed by atoms with Gasteiger partial charge in [0, 0.05) is 18.8 Å². The second-order valence-corrected chi connectivity index (χ2v) is 6.91. The largest absolute Gasteiger partial charge is 0.335 e. The van der Waals surface area contributed by atoms with Gasteiger partial charge in [0.2, 0.25) is 0 Å². The third-order valence-electron chi connectivity index (χ3n) is 4.60. The Morgan fingerprint density at radius 2 is 2.08 bits per heavy atom. The predicted molar refractivity (Wildman–Crippen MR) is 101 cm³/mol. The number of hydrogen-bond donors (Lipinski definition) is 2. The van der Waals surface area contributed by atoms with Gasteiger partial charge in [-0.2, -0.15) is 0 Å². The number of aromatic nitrogens is 1. The maximum Gasteiger partial charge on any atom is 0.319 e. The molecule has 1 aliphatic heterocycles. The molecule has 1 aromatic heterocycles. The Morgan fingerprint density at radius 3 is 2.84 bits per heavy atom. The molecule has 0 bridgehead atoms. The molecule has 2 amide bonds. The van der Waals surface area contributed by atoms with E-state index in [0.29, 0.717) is 16.8 Å². The Morgan fingerprint density at radius 1 is 1.28 bits per heavy atom. The molecule has 2 atom stereocenters. The van der Waals surface area contributed by atoms with E-state index in [-0.39, 0.29) is 12.1 Å². The number of urea groups is 1. The normalized spacial score (nSPS) is 20.9. The molecule has 1 saturated heterocycles. The average molecular weight is 359 g/mol. The van der Waals surface area contributed by atoms with Crippen LogP contribution in [0.5, 0.6) is 0 Å². The van der Waals surface area contributed by atoms with E-state index in [1.54, 1.807) is 18.3 Å². The van der Waals surface area contributed by atoms with E-state index in [0.717, 1.165) is 25.9 Å². The van der Waals surface area contributed by atoms with Gasteiger partial charge in [0.1, 0.15) is 0 Å². The summed E-state index contributed by atoms with van der Waals surface area (Å²) < 4.78 is 0. The predicted octanol–water partition coefficient (Wildman–Crippen LogP) is 3.42. The summed E-state index contributed by atoms with van der Waals surface area (Å²) in [6.07, 6.45) is 3.48. The van der Waals surface area contributed by atoms with Crippen LogP contribution in [0.25, 0.3) is 0 Å². The molecule has 6 heteroatoms. The van der Waals surface area contributed by atoms with Crippen LogP contribution in [-0.4, -0.2) is 42.1 Å². The summed E-state index contributed by atoms with van der Waals surface area (Å²) in [5.74, 6) is 0.372.